The number of nitrogens with two attached hydrogens (primary N) is 1. The van der Waals surface area contributed by atoms with E-state index in [0.717, 1.165) is 35.9 Å². The Labute approximate surface area is 122 Å². The quantitative estimate of drug-likeness (QED) is 0.774. The largest absolute Gasteiger partial charge is 0.337 e. The minimum Gasteiger partial charge on any atom is -0.337 e. The van der Waals surface area contributed by atoms with E-state index in [1.54, 1.807) is 12.4 Å². The van der Waals surface area contributed by atoms with Gasteiger partial charge in [0.25, 0.3) is 0 Å². The summed E-state index contributed by atoms with van der Waals surface area (Å²) < 4.78 is 5.27. The van der Waals surface area contributed by atoms with Gasteiger partial charge in [0.2, 0.25) is 11.7 Å². The highest BCUT2D eigenvalue weighted by Gasteiger charge is 2.15. The number of unbranched alkanes of at least 4 members (excludes halogenated alkanes) is 1. The van der Waals surface area contributed by atoms with Crippen molar-refractivity contribution in [1.82, 2.24) is 20.1 Å². The summed E-state index contributed by atoms with van der Waals surface area (Å²) in [6.07, 6.45) is 6.32. The van der Waals surface area contributed by atoms with Crippen LogP contribution in [0.3, 0.4) is 0 Å². The van der Waals surface area contributed by atoms with Crippen molar-refractivity contribution in [3.8, 4) is 11.4 Å². The van der Waals surface area contributed by atoms with Crippen molar-refractivity contribution in [2.24, 2.45) is 5.73 Å². The van der Waals surface area contributed by atoms with Crippen LogP contribution in [0.15, 0.2) is 35.1 Å². The smallest absolute Gasteiger partial charge is 0.243 e. The van der Waals surface area contributed by atoms with Gasteiger partial charge in [0.05, 0.1) is 17.1 Å². The summed E-state index contributed by atoms with van der Waals surface area (Å²) in [7, 11) is 0. The average Bonchev–Trinajstić information content (AvgIpc) is 3.02. The summed E-state index contributed by atoms with van der Waals surface area (Å²) in [6, 6.07) is 5.49. The molecule has 0 amide bonds. The van der Waals surface area contributed by atoms with Gasteiger partial charge in [0.1, 0.15) is 0 Å². The number of hydrogen-bond donors (Lipinski definition) is 1. The van der Waals surface area contributed by atoms with E-state index in [0.29, 0.717) is 11.7 Å². The molecule has 21 heavy (non-hydrogen) atoms. The Bertz CT molecular complexity index is 740. The fourth-order valence-electron chi connectivity index (χ4n) is 2.15. The van der Waals surface area contributed by atoms with Crippen LogP contribution in [0.5, 0.6) is 0 Å². The summed E-state index contributed by atoms with van der Waals surface area (Å²) in [5.41, 5.74) is 8.53. The fraction of sp³-hybridized carbons (Fsp3) is 0.333. The van der Waals surface area contributed by atoms with E-state index in [1.807, 2.05) is 18.2 Å². The Morgan fingerprint density at radius 2 is 2.00 bits per heavy atom. The minimum atomic E-state index is -0.202. The first-order valence-corrected chi connectivity index (χ1v) is 7.08. The average molecular weight is 283 g/mol. The van der Waals surface area contributed by atoms with Gasteiger partial charge in [-0.1, -0.05) is 24.9 Å². The van der Waals surface area contributed by atoms with Crippen molar-refractivity contribution in [2.45, 2.75) is 32.2 Å². The van der Waals surface area contributed by atoms with Gasteiger partial charge in [-0.15, -0.1) is 0 Å². The third kappa shape index (κ3) is 2.90. The van der Waals surface area contributed by atoms with Crippen LogP contribution in [0.4, 0.5) is 0 Å². The van der Waals surface area contributed by atoms with Crippen molar-refractivity contribution in [2.75, 3.05) is 0 Å². The van der Waals surface area contributed by atoms with Crippen molar-refractivity contribution in [3.63, 3.8) is 0 Å². The Balaban J connectivity index is 1.87. The normalized spacial score (nSPS) is 12.7. The number of benzene rings is 1. The molecular formula is C15H17N5O. The minimum absolute atomic E-state index is 0.202. The highest BCUT2D eigenvalue weighted by molar-refractivity contribution is 5.79. The SMILES string of the molecule is CCCCC(N)c1nc(-c2ccc3nccnc3c2)no1. The van der Waals surface area contributed by atoms with E-state index in [1.165, 1.54) is 0 Å². The van der Waals surface area contributed by atoms with Crippen molar-refractivity contribution < 1.29 is 4.52 Å². The zero-order chi connectivity index (χ0) is 14.7. The second kappa shape index (κ2) is 5.97. The molecule has 1 aromatic carbocycles. The molecule has 1 unspecified atom stereocenters. The predicted octanol–water partition coefficient (Wildman–Crippen LogP) is 2.87. The van der Waals surface area contributed by atoms with Gasteiger partial charge in [0.15, 0.2) is 0 Å². The molecule has 0 bridgehead atoms. The first kappa shape index (κ1) is 13.6. The molecule has 0 spiro atoms. The maximum Gasteiger partial charge on any atom is 0.243 e. The molecular weight excluding hydrogens is 266 g/mol. The molecule has 0 saturated heterocycles. The first-order valence-electron chi connectivity index (χ1n) is 7.08. The number of nitrogens with zero attached hydrogens (tertiary/aromatic N) is 4. The Morgan fingerprint density at radius 1 is 1.19 bits per heavy atom. The lowest BCUT2D eigenvalue weighted by atomic mass is 10.1. The fourth-order valence-corrected chi connectivity index (χ4v) is 2.15. The summed E-state index contributed by atoms with van der Waals surface area (Å²) in [5.74, 6) is 1.02. The standard InChI is InChI=1S/C15H17N5O/c1-2-3-4-11(16)15-19-14(20-21-15)10-5-6-12-13(9-10)18-8-7-17-12/h5-9,11H,2-4,16H2,1H3. The van der Waals surface area contributed by atoms with Crippen LogP contribution in [0.2, 0.25) is 0 Å². The van der Waals surface area contributed by atoms with Crippen molar-refractivity contribution >= 4 is 11.0 Å². The predicted molar refractivity (Wildman–Crippen MR) is 79.3 cm³/mol. The van der Waals surface area contributed by atoms with Crippen LogP contribution in [0.1, 0.15) is 38.1 Å². The third-order valence-electron chi connectivity index (χ3n) is 3.36. The Kier molecular flexibility index (Phi) is 3.87. The molecule has 0 aliphatic carbocycles. The highest BCUT2D eigenvalue weighted by atomic mass is 16.5. The molecule has 3 aromatic rings. The van der Waals surface area contributed by atoms with E-state index >= 15 is 0 Å². The van der Waals surface area contributed by atoms with Crippen LogP contribution in [-0.4, -0.2) is 20.1 Å². The molecule has 2 heterocycles. The third-order valence-corrected chi connectivity index (χ3v) is 3.36. The van der Waals surface area contributed by atoms with Crippen molar-refractivity contribution in [1.29, 1.82) is 0 Å². The molecule has 0 saturated carbocycles. The number of rotatable bonds is 5. The van der Waals surface area contributed by atoms with Gasteiger partial charge < -0.3 is 10.3 Å². The summed E-state index contributed by atoms with van der Waals surface area (Å²) in [4.78, 5) is 12.9. The molecule has 1 atom stereocenters. The van der Waals surface area contributed by atoms with Crippen LogP contribution in [0.25, 0.3) is 22.4 Å². The lowest BCUT2D eigenvalue weighted by Gasteiger charge is -2.03. The zero-order valence-corrected chi connectivity index (χ0v) is 11.9. The lowest BCUT2D eigenvalue weighted by molar-refractivity contribution is 0.346. The first-order chi connectivity index (χ1) is 10.3. The maximum absolute atomic E-state index is 6.04. The van der Waals surface area contributed by atoms with E-state index in [-0.39, 0.29) is 6.04 Å². The Morgan fingerprint density at radius 3 is 2.81 bits per heavy atom. The van der Waals surface area contributed by atoms with Gasteiger partial charge in [-0.2, -0.15) is 4.98 Å². The van der Waals surface area contributed by atoms with E-state index in [9.17, 15) is 0 Å². The van der Waals surface area contributed by atoms with Crippen LogP contribution in [-0.2, 0) is 0 Å². The second-order valence-electron chi connectivity index (χ2n) is 4.96. The van der Waals surface area contributed by atoms with Gasteiger partial charge in [-0.25, -0.2) is 0 Å². The molecule has 0 fully saturated rings. The molecule has 6 heteroatoms. The number of fused-ring (bicyclic) bond motifs is 1. The maximum atomic E-state index is 6.04. The van der Waals surface area contributed by atoms with Crippen LogP contribution in [0, 0.1) is 0 Å². The summed E-state index contributed by atoms with van der Waals surface area (Å²) >= 11 is 0. The lowest BCUT2D eigenvalue weighted by Crippen LogP contribution is -2.10. The van der Waals surface area contributed by atoms with Crippen LogP contribution >= 0.6 is 0 Å². The highest BCUT2D eigenvalue weighted by Crippen LogP contribution is 2.22. The Hall–Kier alpha value is -2.34. The monoisotopic (exact) mass is 283 g/mol. The van der Waals surface area contributed by atoms with E-state index in [4.69, 9.17) is 10.3 Å². The van der Waals surface area contributed by atoms with E-state index in [2.05, 4.69) is 27.0 Å². The molecule has 0 aliphatic heterocycles. The van der Waals surface area contributed by atoms with Gasteiger partial charge >= 0.3 is 0 Å². The molecule has 0 radical (unpaired) electrons. The van der Waals surface area contributed by atoms with Crippen LogP contribution < -0.4 is 5.73 Å². The molecule has 6 nitrogen and oxygen atoms in total. The van der Waals surface area contributed by atoms with E-state index < -0.39 is 0 Å². The second-order valence-corrected chi connectivity index (χ2v) is 4.96. The van der Waals surface area contributed by atoms with Gasteiger partial charge in [-0.05, 0) is 24.6 Å². The van der Waals surface area contributed by atoms with Crippen molar-refractivity contribution in [3.05, 3.63) is 36.5 Å². The zero-order valence-electron chi connectivity index (χ0n) is 11.9. The molecule has 2 N–H and O–H groups in total. The molecule has 3 rings (SSSR count). The summed E-state index contributed by atoms with van der Waals surface area (Å²) in [6.45, 7) is 2.13. The van der Waals surface area contributed by atoms with Gasteiger partial charge in [-0.3, -0.25) is 9.97 Å². The topological polar surface area (TPSA) is 90.7 Å². The summed E-state index contributed by atoms with van der Waals surface area (Å²) in [5, 5.41) is 4.01. The molecule has 2 aromatic heterocycles. The molecule has 108 valence electrons. The number of hydrogen-bond acceptors (Lipinski definition) is 6. The van der Waals surface area contributed by atoms with Gasteiger partial charge in [0, 0.05) is 18.0 Å². The number of aromatic nitrogens is 4. The molecule has 0 aliphatic rings.